The Morgan fingerprint density at radius 3 is 2.81 bits per heavy atom. The third-order valence-corrected chi connectivity index (χ3v) is 4.64. The van der Waals surface area contributed by atoms with Crippen LogP contribution in [-0.2, 0) is 6.42 Å². The summed E-state index contributed by atoms with van der Waals surface area (Å²) in [6.45, 7) is 4.57. The van der Waals surface area contributed by atoms with Crippen LogP contribution >= 0.6 is 0 Å². The van der Waals surface area contributed by atoms with Crippen molar-refractivity contribution < 1.29 is 4.74 Å². The standard InChI is InChI=1S/C19H31NO/c1-4-6-10-16(8-5-2)20-19-11-7-9-15-14-17(21-3)12-13-18(15)19/h12-14,16,19-20H,4-11H2,1-3H3. The van der Waals surface area contributed by atoms with Crippen molar-refractivity contribution in [2.45, 2.75) is 77.3 Å². The largest absolute Gasteiger partial charge is 0.497 e. The lowest BCUT2D eigenvalue weighted by molar-refractivity contribution is 0.355. The molecule has 2 nitrogen and oxygen atoms in total. The van der Waals surface area contributed by atoms with Gasteiger partial charge in [0.2, 0.25) is 0 Å². The van der Waals surface area contributed by atoms with Gasteiger partial charge in [-0.15, -0.1) is 0 Å². The molecule has 0 radical (unpaired) electrons. The molecule has 21 heavy (non-hydrogen) atoms. The monoisotopic (exact) mass is 289 g/mol. The van der Waals surface area contributed by atoms with Crippen molar-refractivity contribution in [2.24, 2.45) is 0 Å². The molecule has 0 aliphatic heterocycles. The molecular formula is C19H31NO. The maximum atomic E-state index is 5.37. The summed E-state index contributed by atoms with van der Waals surface area (Å²) in [5.74, 6) is 0.991. The molecular weight excluding hydrogens is 258 g/mol. The van der Waals surface area contributed by atoms with Gasteiger partial charge in [0.25, 0.3) is 0 Å². The number of rotatable bonds is 8. The number of ether oxygens (including phenoxy) is 1. The topological polar surface area (TPSA) is 21.3 Å². The highest BCUT2D eigenvalue weighted by Gasteiger charge is 2.22. The lowest BCUT2D eigenvalue weighted by Gasteiger charge is -2.31. The van der Waals surface area contributed by atoms with E-state index in [1.807, 2.05) is 0 Å². The van der Waals surface area contributed by atoms with Gasteiger partial charge >= 0.3 is 0 Å². The van der Waals surface area contributed by atoms with Gasteiger partial charge in [-0.05, 0) is 55.4 Å². The lowest BCUT2D eigenvalue weighted by Crippen LogP contribution is -2.34. The number of hydrogen-bond donors (Lipinski definition) is 1. The molecule has 0 saturated heterocycles. The third-order valence-electron chi connectivity index (χ3n) is 4.64. The van der Waals surface area contributed by atoms with Crippen LogP contribution < -0.4 is 10.1 Å². The van der Waals surface area contributed by atoms with Gasteiger partial charge in [-0.3, -0.25) is 0 Å². The van der Waals surface area contributed by atoms with Crippen LogP contribution in [0.4, 0.5) is 0 Å². The van der Waals surface area contributed by atoms with Gasteiger partial charge in [-0.1, -0.05) is 39.2 Å². The minimum absolute atomic E-state index is 0.535. The molecule has 0 bridgehead atoms. The van der Waals surface area contributed by atoms with E-state index in [2.05, 4.69) is 37.4 Å². The number of aryl methyl sites for hydroxylation is 1. The second-order valence-electron chi connectivity index (χ2n) is 6.30. The number of unbranched alkanes of at least 4 members (excludes halogenated alkanes) is 1. The van der Waals surface area contributed by atoms with E-state index >= 15 is 0 Å². The summed E-state index contributed by atoms with van der Waals surface area (Å²) in [5.41, 5.74) is 2.98. The lowest BCUT2D eigenvalue weighted by atomic mass is 9.86. The van der Waals surface area contributed by atoms with E-state index in [4.69, 9.17) is 4.74 Å². The zero-order valence-electron chi connectivity index (χ0n) is 14.0. The summed E-state index contributed by atoms with van der Waals surface area (Å²) in [6, 6.07) is 7.82. The minimum Gasteiger partial charge on any atom is -0.497 e. The number of methoxy groups -OCH3 is 1. The number of benzene rings is 1. The maximum absolute atomic E-state index is 5.37. The Labute approximate surface area is 130 Å². The zero-order valence-corrected chi connectivity index (χ0v) is 14.0. The molecule has 0 saturated carbocycles. The Balaban J connectivity index is 2.07. The predicted octanol–water partition coefficient (Wildman–Crippen LogP) is 5.02. The fourth-order valence-electron chi connectivity index (χ4n) is 3.49. The Hall–Kier alpha value is -1.02. The second kappa shape index (κ2) is 8.43. The fraction of sp³-hybridized carbons (Fsp3) is 0.684. The third kappa shape index (κ3) is 4.47. The Bertz CT molecular complexity index is 430. The van der Waals surface area contributed by atoms with Gasteiger partial charge in [-0.2, -0.15) is 0 Å². The first-order valence-corrected chi connectivity index (χ1v) is 8.71. The van der Waals surface area contributed by atoms with E-state index in [0.29, 0.717) is 12.1 Å². The number of hydrogen-bond acceptors (Lipinski definition) is 2. The van der Waals surface area contributed by atoms with Crippen LogP contribution in [0.15, 0.2) is 18.2 Å². The van der Waals surface area contributed by atoms with Crippen LogP contribution in [0.25, 0.3) is 0 Å². The first kappa shape index (κ1) is 16.4. The molecule has 1 aliphatic rings. The fourth-order valence-corrected chi connectivity index (χ4v) is 3.49. The van der Waals surface area contributed by atoms with Crippen molar-refractivity contribution in [1.82, 2.24) is 5.32 Å². The summed E-state index contributed by atoms with van der Waals surface area (Å²) in [5, 5.41) is 3.94. The average molecular weight is 289 g/mol. The summed E-state index contributed by atoms with van der Waals surface area (Å²) >= 11 is 0. The van der Waals surface area contributed by atoms with Crippen LogP contribution in [-0.4, -0.2) is 13.2 Å². The Morgan fingerprint density at radius 2 is 2.10 bits per heavy atom. The molecule has 0 fully saturated rings. The minimum atomic E-state index is 0.535. The van der Waals surface area contributed by atoms with Gasteiger partial charge < -0.3 is 10.1 Å². The van der Waals surface area contributed by atoms with Crippen molar-refractivity contribution in [2.75, 3.05) is 7.11 Å². The SMILES string of the molecule is CCCCC(CCC)NC1CCCc2cc(OC)ccc21. The molecule has 2 heteroatoms. The molecule has 1 N–H and O–H groups in total. The van der Waals surface area contributed by atoms with E-state index < -0.39 is 0 Å². The molecule has 1 aromatic carbocycles. The van der Waals surface area contributed by atoms with Crippen molar-refractivity contribution in [3.05, 3.63) is 29.3 Å². The van der Waals surface area contributed by atoms with E-state index in [1.165, 1.54) is 62.5 Å². The number of fused-ring (bicyclic) bond motifs is 1. The smallest absolute Gasteiger partial charge is 0.119 e. The molecule has 0 heterocycles. The van der Waals surface area contributed by atoms with Crippen LogP contribution in [0, 0.1) is 0 Å². The molecule has 118 valence electrons. The zero-order chi connectivity index (χ0) is 15.1. The molecule has 2 atom stereocenters. The predicted molar refractivity (Wildman–Crippen MR) is 90.0 cm³/mol. The van der Waals surface area contributed by atoms with Crippen molar-refractivity contribution in [3.8, 4) is 5.75 Å². The first-order valence-electron chi connectivity index (χ1n) is 8.71. The molecule has 0 amide bonds. The van der Waals surface area contributed by atoms with Crippen LogP contribution in [0.2, 0.25) is 0 Å². The first-order chi connectivity index (χ1) is 10.3. The van der Waals surface area contributed by atoms with Gasteiger partial charge in [0, 0.05) is 12.1 Å². The summed E-state index contributed by atoms with van der Waals surface area (Å²) in [4.78, 5) is 0. The normalized spacial score (nSPS) is 19.1. The maximum Gasteiger partial charge on any atom is 0.119 e. The average Bonchev–Trinajstić information content (AvgIpc) is 2.52. The van der Waals surface area contributed by atoms with Gasteiger partial charge in [0.1, 0.15) is 5.75 Å². The highest BCUT2D eigenvalue weighted by molar-refractivity contribution is 5.39. The molecule has 0 spiro atoms. The highest BCUT2D eigenvalue weighted by atomic mass is 16.5. The van der Waals surface area contributed by atoms with Gasteiger partial charge in [0.05, 0.1) is 7.11 Å². The van der Waals surface area contributed by atoms with E-state index in [-0.39, 0.29) is 0 Å². The molecule has 2 rings (SSSR count). The summed E-state index contributed by atoms with van der Waals surface area (Å²) < 4.78 is 5.37. The van der Waals surface area contributed by atoms with E-state index in [0.717, 1.165) is 5.75 Å². The van der Waals surface area contributed by atoms with Crippen LogP contribution in [0.5, 0.6) is 5.75 Å². The van der Waals surface area contributed by atoms with Crippen molar-refractivity contribution >= 4 is 0 Å². The quantitative estimate of drug-likeness (QED) is 0.725. The van der Waals surface area contributed by atoms with Crippen LogP contribution in [0.3, 0.4) is 0 Å². The van der Waals surface area contributed by atoms with Gasteiger partial charge in [0.15, 0.2) is 0 Å². The molecule has 1 aromatic rings. The van der Waals surface area contributed by atoms with Crippen molar-refractivity contribution in [1.29, 1.82) is 0 Å². The molecule has 0 aromatic heterocycles. The van der Waals surface area contributed by atoms with Crippen LogP contribution in [0.1, 0.15) is 76.0 Å². The second-order valence-corrected chi connectivity index (χ2v) is 6.30. The summed E-state index contributed by atoms with van der Waals surface area (Å²) in [7, 11) is 1.75. The van der Waals surface area contributed by atoms with Crippen molar-refractivity contribution in [3.63, 3.8) is 0 Å². The summed E-state index contributed by atoms with van der Waals surface area (Å²) in [6.07, 6.45) is 10.2. The van der Waals surface area contributed by atoms with E-state index in [1.54, 1.807) is 7.11 Å². The van der Waals surface area contributed by atoms with E-state index in [9.17, 15) is 0 Å². The number of nitrogens with one attached hydrogen (secondary N) is 1. The van der Waals surface area contributed by atoms with Gasteiger partial charge in [-0.25, -0.2) is 0 Å². The molecule has 1 aliphatic carbocycles. The molecule has 2 unspecified atom stereocenters. The Kier molecular flexibility index (Phi) is 6.56. The highest BCUT2D eigenvalue weighted by Crippen LogP contribution is 2.33. The Morgan fingerprint density at radius 1 is 1.24 bits per heavy atom.